The lowest BCUT2D eigenvalue weighted by Crippen LogP contribution is -2.31. The average Bonchev–Trinajstić information content (AvgIpc) is 2.41. The van der Waals surface area contributed by atoms with Crippen LogP contribution in [0.25, 0.3) is 0 Å². The fraction of sp³-hybridized carbons (Fsp3) is 0.600. The number of likely N-dealkylation sites (N-methyl/N-ethyl adjacent to an activating group) is 1. The van der Waals surface area contributed by atoms with Crippen molar-refractivity contribution in [2.24, 2.45) is 5.73 Å². The van der Waals surface area contributed by atoms with Crippen molar-refractivity contribution >= 4 is 0 Å². The van der Waals surface area contributed by atoms with Crippen LogP contribution in [0.15, 0.2) is 24.3 Å². The third-order valence-electron chi connectivity index (χ3n) is 3.36. The smallest absolute Gasteiger partial charge is 0.387 e. The van der Waals surface area contributed by atoms with Crippen molar-refractivity contribution in [1.29, 1.82) is 0 Å². The van der Waals surface area contributed by atoms with Crippen LogP contribution in [-0.2, 0) is 0 Å². The van der Waals surface area contributed by atoms with Crippen LogP contribution in [0.4, 0.5) is 8.78 Å². The Hall–Kier alpha value is -1.20. The van der Waals surface area contributed by atoms with Crippen LogP contribution >= 0.6 is 0 Å². The van der Waals surface area contributed by atoms with Gasteiger partial charge >= 0.3 is 6.61 Å². The highest BCUT2D eigenvalue weighted by molar-refractivity contribution is 5.36. The number of nitrogens with zero attached hydrogens (tertiary/aromatic N) is 1. The molecule has 1 rings (SSSR count). The summed E-state index contributed by atoms with van der Waals surface area (Å²) in [6, 6.07) is 6.75. The molecule has 1 aromatic rings. The largest absolute Gasteiger partial charge is 0.434 e. The summed E-state index contributed by atoms with van der Waals surface area (Å²) in [6.45, 7) is 0.580. The van der Waals surface area contributed by atoms with Gasteiger partial charge in [-0.15, -0.1) is 0 Å². The van der Waals surface area contributed by atoms with Gasteiger partial charge in [0, 0.05) is 12.1 Å². The van der Waals surface area contributed by atoms with E-state index in [1.54, 1.807) is 18.2 Å². The van der Waals surface area contributed by atoms with Gasteiger partial charge in [-0.1, -0.05) is 38.0 Å². The first kappa shape index (κ1) is 16.9. The molecular weight excluding hydrogens is 262 g/mol. The minimum atomic E-state index is -2.82. The molecule has 0 heterocycles. The van der Waals surface area contributed by atoms with E-state index in [9.17, 15) is 8.78 Å². The lowest BCUT2D eigenvalue weighted by molar-refractivity contribution is -0.0510. The molecule has 0 saturated heterocycles. The highest BCUT2D eigenvalue weighted by Crippen LogP contribution is 2.29. The molecular formula is C15H24F2N2O. The summed E-state index contributed by atoms with van der Waals surface area (Å²) < 4.78 is 29.5. The first-order chi connectivity index (χ1) is 9.60. The molecule has 20 heavy (non-hydrogen) atoms. The predicted octanol–water partition coefficient (Wildman–Crippen LogP) is 3.41. The molecule has 0 aromatic heterocycles. The lowest BCUT2D eigenvalue weighted by Gasteiger charge is -2.28. The number of halogens is 2. The van der Waals surface area contributed by atoms with Crippen LogP contribution in [0.1, 0.15) is 37.8 Å². The van der Waals surface area contributed by atoms with Gasteiger partial charge in [0.25, 0.3) is 0 Å². The van der Waals surface area contributed by atoms with E-state index < -0.39 is 6.61 Å². The zero-order valence-electron chi connectivity index (χ0n) is 12.2. The summed E-state index contributed by atoms with van der Waals surface area (Å²) >= 11 is 0. The van der Waals surface area contributed by atoms with Crippen molar-refractivity contribution in [3.8, 4) is 5.75 Å². The molecule has 0 saturated carbocycles. The molecule has 0 aliphatic heterocycles. The molecule has 0 radical (unpaired) electrons. The summed E-state index contributed by atoms with van der Waals surface area (Å²) in [5.74, 6) is 0.209. The Morgan fingerprint density at radius 3 is 2.55 bits per heavy atom. The Morgan fingerprint density at radius 2 is 1.95 bits per heavy atom. The Balaban J connectivity index is 2.82. The minimum absolute atomic E-state index is 0.109. The van der Waals surface area contributed by atoms with Gasteiger partial charge in [-0.2, -0.15) is 8.78 Å². The molecule has 114 valence electrons. The van der Waals surface area contributed by atoms with Crippen molar-refractivity contribution in [2.75, 3.05) is 20.1 Å². The first-order valence-corrected chi connectivity index (χ1v) is 7.04. The molecule has 0 amide bonds. The van der Waals surface area contributed by atoms with Crippen LogP contribution < -0.4 is 10.5 Å². The third kappa shape index (κ3) is 5.06. The maximum absolute atomic E-state index is 12.5. The van der Waals surface area contributed by atoms with E-state index in [0.29, 0.717) is 12.1 Å². The summed E-state index contributed by atoms with van der Waals surface area (Å²) in [4.78, 5) is 2.10. The zero-order valence-corrected chi connectivity index (χ0v) is 12.2. The van der Waals surface area contributed by atoms with Crippen LogP contribution in [0.2, 0.25) is 0 Å². The van der Waals surface area contributed by atoms with Crippen molar-refractivity contribution in [3.63, 3.8) is 0 Å². The van der Waals surface area contributed by atoms with Gasteiger partial charge in [0.1, 0.15) is 5.75 Å². The molecule has 5 heteroatoms. The second-order valence-electron chi connectivity index (χ2n) is 4.86. The molecule has 1 aromatic carbocycles. The Labute approximate surface area is 119 Å². The van der Waals surface area contributed by atoms with Crippen molar-refractivity contribution < 1.29 is 13.5 Å². The molecule has 0 aliphatic rings. The van der Waals surface area contributed by atoms with E-state index >= 15 is 0 Å². The summed E-state index contributed by atoms with van der Waals surface area (Å²) in [6.07, 6.45) is 3.37. The number of para-hydroxylation sites is 1. The highest BCUT2D eigenvalue weighted by atomic mass is 19.3. The van der Waals surface area contributed by atoms with Gasteiger partial charge in [-0.25, -0.2) is 0 Å². The number of hydrogen-bond donors (Lipinski definition) is 1. The molecule has 3 nitrogen and oxygen atoms in total. The van der Waals surface area contributed by atoms with E-state index in [4.69, 9.17) is 5.73 Å². The van der Waals surface area contributed by atoms with Crippen LogP contribution in [-0.4, -0.2) is 31.6 Å². The SMILES string of the molecule is CCCCCN(C)C(CN)c1ccccc1OC(F)F. The van der Waals surface area contributed by atoms with Crippen LogP contribution in [0, 0.1) is 0 Å². The van der Waals surface area contributed by atoms with E-state index in [1.807, 2.05) is 13.1 Å². The number of ether oxygens (including phenoxy) is 1. The highest BCUT2D eigenvalue weighted by Gasteiger charge is 2.20. The van der Waals surface area contributed by atoms with E-state index in [-0.39, 0.29) is 11.8 Å². The summed E-state index contributed by atoms with van der Waals surface area (Å²) in [5, 5.41) is 0. The number of rotatable bonds is 9. The average molecular weight is 286 g/mol. The monoisotopic (exact) mass is 286 g/mol. The first-order valence-electron chi connectivity index (χ1n) is 7.04. The van der Waals surface area contributed by atoms with Gasteiger partial charge in [0.2, 0.25) is 0 Å². The van der Waals surface area contributed by atoms with Crippen molar-refractivity contribution in [1.82, 2.24) is 4.90 Å². The van der Waals surface area contributed by atoms with Gasteiger partial charge in [0.05, 0.1) is 6.04 Å². The number of alkyl halides is 2. The van der Waals surface area contributed by atoms with Gasteiger partial charge in [-0.05, 0) is 26.1 Å². The number of nitrogens with two attached hydrogens (primary N) is 1. The molecule has 2 N–H and O–H groups in total. The maximum Gasteiger partial charge on any atom is 0.387 e. The Morgan fingerprint density at radius 1 is 1.25 bits per heavy atom. The van der Waals surface area contributed by atoms with Gasteiger partial charge in [-0.3, -0.25) is 4.90 Å². The summed E-state index contributed by atoms with van der Waals surface area (Å²) in [7, 11) is 1.96. The second-order valence-corrected chi connectivity index (χ2v) is 4.86. The fourth-order valence-corrected chi connectivity index (χ4v) is 2.27. The molecule has 0 aliphatic carbocycles. The maximum atomic E-state index is 12.5. The number of unbranched alkanes of at least 4 members (excludes halogenated alkanes) is 2. The second kappa shape index (κ2) is 8.87. The van der Waals surface area contributed by atoms with E-state index in [1.165, 1.54) is 0 Å². The number of hydrogen-bond acceptors (Lipinski definition) is 3. The van der Waals surface area contributed by atoms with Crippen LogP contribution in [0.5, 0.6) is 5.75 Å². The Kier molecular flexibility index (Phi) is 7.47. The Bertz CT molecular complexity index is 388. The number of benzene rings is 1. The van der Waals surface area contributed by atoms with E-state index in [0.717, 1.165) is 25.8 Å². The third-order valence-corrected chi connectivity index (χ3v) is 3.36. The van der Waals surface area contributed by atoms with Crippen molar-refractivity contribution in [2.45, 2.75) is 38.8 Å². The molecule has 1 atom stereocenters. The molecule has 0 fully saturated rings. The molecule has 0 bridgehead atoms. The predicted molar refractivity (Wildman–Crippen MR) is 77.0 cm³/mol. The van der Waals surface area contributed by atoms with Gasteiger partial charge < -0.3 is 10.5 Å². The summed E-state index contributed by atoms with van der Waals surface area (Å²) in [5.41, 5.74) is 6.54. The quantitative estimate of drug-likeness (QED) is 0.707. The standard InChI is InChI=1S/C15H24F2N2O/c1-3-4-7-10-19(2)13(11-18)12-8-5-6-9-14(12)20-15(16)17/h5-6,8-9,13,15H,3-4,7,10-11,18H2,1-2H3. The normalized spacial score (nSPS) is 12.9. The van der Waals surface area contributed by atoms with E-state index in [2.05, 4.69) is 16.6 Å². The fourth-order valence-electron chi connectivity index (χ4n) is 2.27. The lowest BCUT2D eigenvalue weighted by atomic mass is 10.0. The topological polar surface area (TPSA) is 38.5 Å². The van der Waals surface area contributed by atoms with Crippen molar-refractivity contribution in [3.05, 3.63) is 29.8 Å². The minimum Gasteiger partial charge on any atom is -0.434 e. The molecule has 1 unspecified atom stereocenters. The van der Waals surface area contributed by atoms with Gasteiger partial charge in [0.15, 0.2) is 0 Å². The van der Waals surface area contributed by atoms with Crippen LogP contribution in [0.3, 0.4) is 0 Å². The zero-order chi connectivity index (χ0) is 15.0. The molecule has 0 spiro atoms.